The second-order valence-corrected chi connectivity index (χ2v) is 18.5. The van der Waals surface area contributed by atoms with Crippen molar-refractivity contribution >= 4 is 44.9 Å². The Labute approximate surface area is 338 Å². The fraction of sp³-hybridized carbons (Fsp3) is 0.619. The number of allylic oxidation sites excluding steroid dienone is 1. The van der Waals surface area contributed by atoms with E-state index in [4.69, 9.17) is 24.2 Å². The summed E-state index contributed by atoms with van der Waals surface area (Å²) in [6, 6.07) is 3.29. The summed E-state index contributed by atoms with van der Waals surface area (Å²) in [5, 5.41) is 5.01. The maximum Gasteiger partial charge on any atom is 0.408 e. The molecule has 1 saturated heterocycles. The first kappa shape index (κ1) is 39.9. The van der Waals surface area contributed by atoms with E-state index in [0.717, 1.165) is 57.8 Å². The van der Waals surface area contributed by atoms with Crippen LogP contribution in [-0.2, 0) is 35.6 Å². The molecule has 1 aromatic carbocycles. The Bertz CT molecular complexity index is 2150. The van der Waals surface area contributed by atoms with Gasteiger partial charge in [-0.2, -0.15) is 0 Å². The lowest BCUT2D eigenvalue weighted by Crippen LogP contribution is -2.67. The zero-order chi connectivity index (χ0) is 40.4. The monoisotopic (exact) mass is 816 g/mol. The number of rotatable bonds is 4. The molecular weight excluding hydrogens is 765 g/mol. The van der Waals surface area contributed by atoms with E-state index < -0.39 is 68.7 Å². The molecule has 3 fully saturated rings. The summed E-state index contributed by atoms with van der Waals surface area (Å²) >= 11 is 0. The number of fused-ring (bicyclic) bond motifs is 6. The van der Waals surface area contributed by atoms with E-state index in [2.05, 4.69) is 27.2 Å². The molecule has 3 aliphatic carbocycles. The first-order chi connectivity index (χ1) is 28.0. The number of hydrogen-bond donors (Lipinski definition) is 3. The van der Waals surface area contributed by atoms with Gasteiger partial charge in [-0.25, -0.2) is 27.9 Å². The number of ether oxygens (including phenoxy) is 3. The Hall–Kier alpha value is -4.91. The quantitative estimate of drug-likeness (QED) is 0.299. The van der Waals surface area contributed by atoms with Crippen molar-refractivity contribution in [3.8, 4) is 23.5 Å². The number of carbonyl (C=O) groups excluding carboxylic acids is 4. The van der Waals surface area contributed by atoms with Crippen LogP contribution in [0, 0.1) is 23.7 Å². The van der Waals surface area contributed by atoms with Crippen LogP contribution in [0.15, 0.2) is 30.4 Å². The van der Waals surface area contributed by atoms with Gasteiger partial charge in [0, 0.05) is 12.5 Å². The maximum absolute atomic E-state index is 14.7. The molecule has 3 N–H and O–H groups in total. The van der Waals surface area contributed by atoms with Crippen molar-refractivity contribution in [2.24, 2.45) is 11.8 Å². The third kappa shape index (κ3) is 8.46. The Morgan fingerprint density at radius 3 is 2.57 bits per heavy atom. The molecule has 6 aliphatic rings. The highest BCUT2D eigenvalue weighted by Gasteiger charge is 2.54. The number of alkyl carbamates (subject to hydrolysis) is 1. The lowest BCUT2D eigenvalue weighted by molar-refractivity contribution is -0.141. The first-order valence-electron chi connectivity index (χ1n) is 20.9. The van der Waals surface area contributed by atoms with Crippen molar-refractivity contribution in [3.05, 3.63) is 36.0 Å². The van der Waals surface area contributed by atoms with Gasteiger partial charge in [0.2, 0.25) is 27.7 Å². The molecule has 15 nitrogen and oxygen atoms in total. The number of sulfonamides is 1. The maximum atomic E-state index is 14.7. The summed E-state index contributed by atoms with van der Waals surface area (Å²) in [5.41, 5.74) is 0.0260. The predicted octanol–water partition coefficient (Wildman–Crippen LogP) is 3.98. The second-order valence-electron chi connectivity index (χ2n) is 16.5. The van der Waals surface area contributed by atoms with Crippen LogP contribution >= 0.6 is 0 Å². The van der Waals surface area contributed by atoms with Crippen molar-refractivity contribution in [2.45, 2.75) is 138 Å². The van der Waals surface area contributed by atoms with E-state index >= 15 is 0 Å². The van der Waals surface area contributed by atoms with Crippen molar-refractivity contribution in [3.63, 3.8) is 0 Å². The number of nitrogens with one attached hydrogen (secondary N) is 3. The number of methoxy groups -OCH3 is 1. The van der Waals surface area contributed by atoms with Gasteiger partial charge in [0.25, 0.3) is 5.91 Å². The van der Waals surface area contributed by atoms with Crippen molar-refractivity contribution < 1.29 is 41.8 Å². The molecule has 1 unspecified atom stereocenters. The molecule has 8 rings (SSSR count). The van der Waals surface area contributed by atoms with Crippen LogP contribution in [-0.4, -0.2) is 95.8 Å². The number of amides is 4. The Morgan fingerprint density at radius 2 is 1.78 bits per heavy atom. The second kappa shape index (κ2) is 16.8. The van der Waals surface area contributed by atoms with Crippen molar-refractivity contribution in [1.29, 1.82) is 0 Å². The van der Waals surface area contributed by atoms with E-state index in [1.54, 1.807) is 19.3 Å². The number of nitrogens with zero attached hydrogens (tertiary/aromatic N) is 3. The number of benzene rings is 1. The SMILES string of the molecule is COc1ccc2nc3c(nc2c1)O[C@@H]1C[C@H]2C(=O)N[C@]4(C(=O)NS(=O)(=O)C5CC5)C#C[C@H]4/C=C\CCCCC[C@H](NC(=O)O[C@@H]4CCCC4CCCCC3)C(=O)N2C1. The van der Waals surface area contributed by atoms with E-state index in [-0.39, 0.29) is 25.0 Å². The standard InChI is InChI=1S/C42H52N6O9S/c1-55-28-17-20-31-34(23-28)44-38-32(43-31)14-9-5-6-11-26-12-10-16-36(26)57-41(52)45-33-15-8-4-2-3-7-13-27-21-22-42(27,40(51)47-58(53,54)30-18-19-30)46-37(49)35-24-29(56-38)25-48(35)39(33)50/h7,13,17,20,23,26-27,29-30,33,35-36H,2-6,8-12,14-16,18-19,24-25H2,1H3,(H,45,52)(H,46,49)(H,47,51)/b13-7-/t26?,27-,29-,33+,35+,36-,42-/m1/s1. The van der Waals surface area contributed by atoms with Gasteiger partial charge in [0.1, 0.15) is 35.7 Å². The molecule has 58 heavy (non-hydrogen) atoms. The van der Waals surface area contributed by atoms with Crippen LogP contribution in [0.25, 0.3) is 11.0 Å². The van der Waals surface area contributed by atoms with Crippen molar-refractivity contribution in [1.82, 2.24) is 30.2 Å². The Morgan fingerprint density at radius 1 is 0.966 bits per heavy atom. The minimum Gasteiger partial charge on any atom is -0.497 e. The lowest BCUT2D eigenvalue weighted by Gasteiger charge is -2.38. The summed E-state index contributed by atoms with van der Waals surface area (Å²) in [7, 11) is -2.40. The molecule has 1 aromatic heterocycles. The molecule has 3 bridgehead atoms. The van der Waals surface area contributed by atoms with Gasteiger partial charge in [-0.05, 0) is 88.7 Å². The van der Waals surface area contributed by atoms with Crippen LogP contribution in [0.2, 0.25) is 0 Å². The van der Waals surface area contributed by atoms with Gasteiger partial charge >= 0.3 is 6.09 Å². The number of aryl methyl sites for hydroxylation is 1. The van der Waals surface area contributed by atoms with E-state index in [1.807, 2.05) is 18.2 Å². The summed E-state index contributed by atoms with van der Waals surface area (Å²) in [5.74, 6) is 3.94. The van der Waals surface area contributed by atoms with Gasteiger partial charge in [0.15, 0.2) is 5.54 Å². The molecule has 3 aliphatic heterocycles. The van der Waals surface area contributed by atoms with E-state index in [1.165, 1.54) is 4.90 Å². The summed E-state index contributed by atoms with van der Waals surface area (Å²) in [4.78, 5) is 68.1. The molecule has 2 saturated carbocycles. The number of hydrogen-bond acceptors (Lipinski definition) is 11. The molecular formula is C42H52N6O9S. The van der Waals surface area contributed by atoms with E-state index in [9.17, 15) is 27.6 Å². The van der Waals surface area contributed by atoms with Crippen LogP contribution in [0.1, 0.15) is 102 Å². The first-order valence-corrected chi connectivity index (χ1v) is 22.4. The molecule has 16 heteroatoms. The zero-order valence-electron chi connectivity index (χ0n) is 32.9. The molecule has 0 spiro atoms. The Balaban J connectivity index is 1.15. The summed E-state index contributed by atoms with van der Waals surface area (Å²) in [6.45, 7) is -0.0314. The van der Waals surface area contributed by atoms with Gasteiger partial charge in [-0.1, -0.05) is 49.7 Å². The van der Waals surface area contributed by atoms with Gasteiger partial charge in [-0.3, -0.25) is 14.4 Å². The normalized spacial score (nSPS) is 31.3. The molecule has 4 amide bonds. The highest BCUT2D eigenvalue weighted by Crippen LogP contribution is 2.35. The highest BCUT2D eigenvalue weighted by atomic mass is 32.2. The molecule has 2 aromatic rings. The topological polar surface area (TPSA) is 195 Å². The zero-order valence-corrected chi connectivity index (χ0v) is 33.7. The predicted molar refractivity (Wildman–Crippen MR) is 212 cm³/mol. The number of carbonyl (C=O) groups is 4. The third-order valence-corrected chi connectivity index (χ3v) is 14.2. The fourth-order valence-corrected chi connectivity index (χ4v) is 10.3. The molecule has 7 atom stereocenters. The molecule has 0 radical (unpaired) electrons. The minimum absolute atomic E-state index is 0.0156. The average Bonchev–Trinajstić information content (AvgIpc) is 3.85. The van der Waals surface area contributed by atoms with Gasteiger partial charge in [-0.15, -0.1) is 0 Å². The van der Waals surface area contributed by atoms with Crippen LogP contribution < -0.4 is 24.8 Å². The lowest BCUT2D eigenvalue weighted by atomic mass is 9.75. The fourth-order valence-electron chi connectivity index (χ4n) is 8.93. The summed E-state index contributed by atoms with van der Waals surface area (Å²) < 4.78 is 46.2. The van der Waals surface area contributed by atoms with E-state index in [0.29, 0.717) is 66.9 Å². The molecule has 4 heterocycles. The third-order valence-electron chi connectivity index (χ3n) is 12.4. The van der Waals surface area contributed by atoms with Crippen LogP contribution in [0.3, 0.4) is 0 Å². The van der Waals surface area contributed by atoms with Gasteiger partial charge < -0.3 is 29.7 Å². The largest absolute Gasteiger partial charge is 0.497 e. The molecule has 310 valence electrons. The summed E-state index contributed by atoms with van der Waals surface area (Å²) in [6.07, 6.45) is 12.9. The minimum atomic E-state index is -3.97. The average molecular weight is 817 g/mol. The van der Waals surface area contributed by atoms with Crippen LogP contribution in [0.4, 0.5) is 4.79 Å². The Kier molecular flexibility index (Phi) is 11.5. The van der Waals surface area contributed by atoms with Gasteiger partial charge in [0.05, 0.1) is 35.9 Å². The van der Waals surface area contributed by atoms with Crippen LogP contribution in [0.5, 0.6) is 11.6 Å². The smallest absolute Gasteiger partial charge is 0.408 e. The van der Waals surface area contributed by atoms with Crippen molar-refractivity contribution in [2.75, 3.05) is 13.7 Å². The number of aromatic nitrogens is 2. The highest BCUT2D eigenvalue weighted by molar-refractivity contribution is 7.91.